The molecule has 0 aromatic heterocycles. The molecule has 1 aliphatic heterocycles. The lowest BCUT2D eigenvalue weighted by atomic mass is 9.94. The van der Waals surface area contributed by atoms with Crippen molar-refractivity contribution in [3.05, 3.63) is 69.8 Å². The minimum absolute atomic E-state index is 0.0349. The molecule has 1 aliphatic carbocycles. The van der Waals surface area contributed by atoms with Crippen LogP contribution in [0.15, 0.2) is 30.3 Å². The molecular weight excluding hydrogens is 434 g/mol. The van der Waals surface area contributed by atoms with Gasteiger partial charge in [-0.2, -0.15) is 0 Å². The van der Waals surface area contributed by atoms with Crippen LogP contribution in [0.5, 0.6) is 0 Å². The number of benzene rings is 2. The third-order valence-electron chi connectivity index (χ3n) is 7.46. The van der Waals surface area contributed by atoms with Gasteiger partial charge in [-0.1, -0.05) is 18.9 Å². The first kappa shape index (κ1) is 24.5. The molecule has 2 aliphatic rings. The number of aryl methyl sites for hydroxylation is 1. The van der Waals surface area contributed by atoms with Crippen molar-refractivity contribution in [2.75, 3.05) is 19.6 Å². The van der Waals surface area contributed by atoms with E-state index in [2.05, 4.69) is 11.8 Å². The van der Waals surface area contributed by atoms with Crippen LogP contribution in [0.2, 0.25) is 0 Å². The van der Waals surface area contributed by atoms with E-state index in [1.807, 2.05) is 11.8 Å². The molecule has 1 amide bonds. The fourth-order valence-electron chi connectivity index (χ4n) is 5.41. The molecule has 1 saturated carbocycles. The van der Waals surface area contributed by atoms with Gasteiger partial charge < -0.3 is 4.90 Å². The van der Waals surface area contributed by atoms with Crippen LogP contribution in [0.25, 0.3) is 0 Å². The molecule has 0 bridgehead atoms. The van der Waals surface area contributed by atoms with Gasteiger partial charge in [-0.25, -0.2) is 8.78 Å². The van der Waals surface area contributed by atoms with Gasteiger partial charge >= 0.3 is 0 Å². The van der Waals surface area contributed by atoms with Gasteiger partial charge in [0.25, 0.3) is 0 Å². The molecule has 0 spiro atoms. The summed E-state index contributed by atoms with van der Waals surface area (Å²) in [4.78, 5) is 29.9. The standard InChI is InChI=1S/C28H34F2N2O2/c1-18-8-9-25(26(30)12-18)27(33)15-22-13-24(29)14-23(20(22)3)17-31-10-11-32(19(2)16-31)28(34)21-6-4-5-7-21/h8-9,12-14,19,21H,4-7,10-11,15-17H2,1-3H3/t19-/m0/s1. The highest BCUT2D eigenvalue weighted by molar-refractivity contribution is 5.98. The van der Waals surface area contributed by atoms with Crippen LogP contribution in [0, 0.1) is 31.4 Å². The number of amides is 1. The van der Waals surface area contributed by atoms with Crippen LogP contribution in [0.1, 0.15) is 65.2 Å². The summed E-state index contributed by atoms with van der Waals surface area (Å²) in [7, 11) is 0. The Kier molecular flexibility index (Phi) is 7.46. The molecule has 0 radical (unpaired) electrons. The number of carbonyl (C=O) groups excluding carboxylic acids is 2. The second kappa shape index (κ2) is 10.3. The van der Waals surface area contributed by atoms with Crippen molar-refractivity contribution in [2.24, 2.45) is 5.92 Å². The zero-order valence-electron chi connectivity index (χ0n) is 20.4. The summed E-state index contributed by atoms with van der Waals surface area (Å²) in [6.07, 6.45) is 4.25. The van der Waals surface area contributed by atoms with E-state index in [0.29, 0.717) is 18.7 Å². The van der Waals surface area contributed by atoms with Gasteiger partial charge in [-0.15, -0.1) is 0 Å². The molecule has 0 unspecified atom stereocenters. The van der Waals surface area contributed by atoms with Gasteiger partial charge in [-0.05, 0) is 80.1 Å². The van der Waals surface area contributed by atoms with Crippen molar-refractivity contribution in [2.45, 2.75) is 65.5 Å². The summed E-state index contributed by atoms with van der Waals surface area (Å²) in [6.45, 7) is 8.46. The van der Waals surface area contributed by atoms with Crippen molar-refractivity contribution in [1.82, 2.24) is 9.80 Å². The number of ketones is 1. The topological polar surface area (TPSA) is 40.6 Å². The van der Waals surface area contributed by atoms with E-state index < -0.39 is 11.6 Å². The van der Waals surface area contributed by atoms with E-state index in [4.69, 9.17) is 0 Å². The number of piperazine rings is 1. The zero-order chi connectivity index (χ0) is 24.4. The second-order valence-electron chi connectivity index (χ2n) is 10.0. The minimum atomic E-state index is -0.543. The van der Waals surface area contributed by atoms with Gasteiger partial charge in [0, 0.05) is 44.6 Å². The van der Waals surface area contributed by atoms with Crippen LogP contribution in [-0.2, 0) is 17.8 Å². The number of halogens is 2. The zero-order valence-corrected chi connectivity index (χ0v) is 20.4. The highest BCUT2D eigenvalue weighted by Gasteiger charge is 2.33. The lowest BCUT2D eigenvalue weighted by Gasteiger charge is -2.41. The predicted octanol–water partition coefficient (Wildman–Crippen LogP) is 5.23. The molecule has 2 aromatic rings. The molecular formula is C28H34F2N2O2. The molecule has 1 atom stereocenters. The van der Waals surface area contributed by atoms with Crippen molar-refractivity contribution >= 4 is 11.7 Å². The first-order valence-electron chi connectivity index (χ1n) is 12.3. The normalized spacial score (nSPS) is 19.6. The van der Waals surface area contributed by atoms with Crippen molar-refractivity contribution in [3.8, 4) is 0 Å². The second-order valence-corrected chi connectivity index (χ2v) is 10.0. The van der Waals surface area contributed by atoms with E-state index in [0.717, 1.165) is 55.5 Å². The lowest BCUT2D eigenvalue weighted by Crippen LogP contribution is -2.54. The lowest BCUT2D eigenvalue weighted by molar-refractivity contribution is -0.140. The summed E-state index contributed by atoms with van der Waals surface area (Å²) in [5.74, 6) is -0.826. The Labute approximate surface area is 200 Å². The summed E-state index contributed by atoms with van der Waals surface area (Å²) >= 11 is 0. The predicted molar refractivity (Wildman–Crippen MR) is 129 cm³/mol. The van der Waals surface area contributed by atoms with Crippen LogP contribution in [-0.4, -0.2) is 47.2 Å². The van der Waals surface area contributed by atoms with Gasteiger partial charge in [0.1, 0.15) is 11.6 Å². The first-order chi connectivity index (χ1) is 16.2. The Bertz CT molecular complexity index is 1080. The summed E-state index contributed by atoms with van der Waals surface area (Å²) in [5.41, 5.74) is 3.06. The Balaban J connectivity index is 1.44. The summed E-state index contributed by atoms with van der Waals surface area (Å²) in [6, 6.07) is 7.56. The molecule has 4 nitrogen and oxygen atoms in total. The van der Waals surface area contributed by atoms with Crippen LogP contribution >= 0.6 is 0 Å². The number of hydrogen-bond acceptors (Lipinski definition) is 3. The average Bonchev–Trinajstić information content (AvgIpc) is 3.31. The van der Waals surface area contributed by atoms with Gasteiger partial charge in [0.15, 0.2) is 5.78 Å². The fourth-order valence-corrected chi connectivity index (χ4v) is 5.41. The molecule has 182 valence electrons. The van der Waals surface area contributed by atoms with E-state index in [-0.39, 0.29) is 35.6 Å². The smallest absolute Gasteiger partial charge is 0.226 e. The van der Waals surface area contributed by atoms with E-state index in [9.17, 15) is 18.4 Å². The summed E-state index contributed by atoms with van der Waals surface area (Å²) in [5, 5.41) is 0. The maximum atomic E-state index is 14.5. The number of Topliss-reactive ketones (excluding diaryl/α,β-unsaturated/α-hetero) is 1. The fraction of sp³-hybridized carbons (Fsp3) is 0.500. The molecule has 1 heterocycles. The molecule has 1 saturated heterocycles. The van der Waals surface area contributed by atoms with E-state index in [1.165, 1.54) is 24.3 Å². The molecule has 34 heavy (non-hydrogen) atoms. The molecule has 4 rings (SSSR count). The monoisotopic (exact) mass is 468 g/mol. The Morgan fingerprint density at radius 1 is 1.00 bits per heavy atom. The third-order valence-corrected chi connectivity index (χ3v) is 7.46. The van der Waals surface area contributed by atoms with Crippen molar-refractivity contribution in [1.29, 1.82) is 0 Å². The SMILES string of the molecule is Cc1ccc(C(=O)Cc2cc(F)cc(CN3CCN(C(=O)C4CCCC4)[C@@H](C)C3)c2C)c(F)c1. The maximum Gasteiger partial charge on any atom is 0.226 e. The number of nitrogens with zero attached hydrogens (tertiary/aromatic N) is 2. The van der Waals surface area contributed by atoms with Crippen LogP contribution in [0.4, 0.5) is 8.78 Å². The Hall–Kier alpha value is -2.60. The number of rotatable bonds is 6. The molecule has 2 fully saturated rings. The largest absolute Gasteiger partial charge is 0.337 e. The Morgan fingerprint density at radius 2 is 1.71 bits per heavy atom. The van der Waals surface area contributed by atoms with Crippen molar-refractivity contribution in [3.63, 3.8) is 0 Å². The molecule has 2 aromatic carbocycles. The highest BCUT2D eigenvalue weighted by Crippen LogP contribution is 2.28. The minimum Gasteiger partial charge on any atom is -0.337 e. The molecule has 6 heteroatoms. The number of carbonyl (C=O) groups is 2. The van der Waals surface area contributed by atoms with Gasteiger partial charge in [-0.3, -0.25) is 14.5 Å². The maximum absolute atomic E-state index is 14.5. The average molecular weight is 469 g/mol. The van der Waals surface area contributed by atoms with Crippen molar-refractivity contribution < 1.29 is 18.4 Å². The molecule has 0 N–H and O–H groups in total. The number of hydrogen-bond donors (Lipinski definition) is 0. The highest BCUT2D eigenvalue weighted by atomic mass is 19.1. The van der Waals surface area contributed by atoms with Crippen LogP contribution in [0.3, 0.4) is 0 Å². The van der Waals surface area contributed by atoms with E-state index >= 15 is 0 Å². The quantitative estimate of drug-likeness (QED) is 0.545. The van der Waals surface area contributed by atoms with Crippen LogP contribution < -0.4 is 0 Å². The van der Waals surface area contributed by atoms with E-state index in [1.54, 1.807) is 13.0 Å². The third kappa shape index (κ3) is 5.38. The summed E-state index contributed by atoms with van der Waals surface area (Å²) < 4.78 is 28.8. The van der Waals surface area contributed by atoms with Gasteiger partial charge in [0.05, 0.1) is 5.56 Å². The Morgan fingerprint density at radius 3 is 2.38 bits per heavy atom. The first-order valence-corrected chi connectivity index (χ1v) is 12.3. The van der Waals surface area contributed by atoms with Gasteiger partial charge in [0.2, 0.25) is 5.91 Å².